The zero-order valence-electron chi connectivity index (χ0n) is 10.1. The molecular weight excluding hydrogens is 269 g/mol. The highest BCUT2D eigenvalue weighted by Gasteiger charge is 2.13. The predicted octanol–water partition coefficient (Wildman–Crippen LogP) is 3.75. The Morgan fingerprint density at radius 3 is 2.74 bits per heavy atom. The Morgan fingerprint density at radius 1 is 1.32 bits per heavy atom. The van der Waals surface area contributed by atoms with Crippen molar-refractivity contribution in [2.45, 2.75) is 6.92 Å². The minimum atomic E-state index is -0.701. The van der Waals surface area contributed by atoms with Gasteiger partial charge < -0.3 is 10.4 Å². The molecule has 0 atom stereocenters. The van der Waals surface area contributed by atoms with Crippen LogP contribution in [0.3, 0.4) is 0 Å². The van der Waals surface area contributed by atoms with E-state index in [4.69, 9.17) is 16.7 Å². The summed E-state index contributed by atoms with van der Waals surface area (Å²) in [5.74, 6) is -1.35. The van der Waals surface area contributed by atoms with Crippen molar-refractivity contribution in [3.8, 4) is 5.75 Å². The fourth-order valence-electron chi connectivity index (χ4n) is 1.65. The summed E-state index contributed by atoms with van der Waals surface area (Å²) >= 11 is 5.93. The molecule has 0 unspecified atom stereocenters. The van der Waals surface area contributed by atoms with E-state index in [1.807, 2.05) is 0 Å². The van der Waals surface area contributed by atoms with Crippen LogP contribution in [0.5, 0.6) is 5.75 Å². The van der Waals surface area contributed by atoms with Crippen molar-refractivity contribution in [3.05, 3.63) is 58.4 Å². The Bertz CT molecular complexity index is 643. The minimum absolute atomic E-state index is 0.00201. The summed E-state index contributed by atoms with van der Waals surface area (Å²) < 4.78 is 13.5. The van der Waals surface area contributed by atoms with Crippen LogP contribution in [-0.4, -0.2) is 11.0 Å². The molecule has 0 aliphatic carbocycles. The van der Waals surface area contributed by atoms with Crippen LogP contribution in [0, 0.1) is 12.7 Å². The van der Waals surface area contributed by atoms with E-state index < -0.39 is 11.7 Å². The van der Waals surface area contributed by atoms with Crippen molar-refractivity contribution < 1.29 is 14.3 Å². The lowest BCUT2D eigenvalue weighted by Crippen LogP contribution is -2.14. The predicted molar refractivity (Wildman–Crippen MR) is 72.2 cm³/mol. The van der Waals surface area contributed by atoms with Crippen LogP contribution in [0.2, 0.25) is 5.02 Å². The van der Waals surface area contributed by atoms with Crippen LogP contribution in [0.4, 0.5) is 10.1 Å². The second kappa shape index (κ2) is 5.28. The van der Waals surface area contributed by atoms with Gasteiger partial charge in [0, 0.05) is 16.7 Å². The third kappa shape index (κ3) is 2.85. The van der Waals surface area contributed by atoms with Gasteiger partial charge >= 0.3 is 0 Å². The zero-order valence-corrected chi connectivity index (χ0v) is 10.8. The van der Waals surface area contributed by atoms with E-state index in [0.29, 0.717) is 16.1 Å². The lowest BCUT2D eigenvalue weighted by Gasteiger charge is -2.09. The molecule has 0 radical (unpaired) electrons. The number of halogens is 2. The molecule has 0 saturated carbocycles. The average molecular weight is 280 g/mol. The normalized spacial score (nSPS) is 10.3. The number of carbonyl (C=O) groups excluding carboxylic acids is 1. The third-order valence-electron chi connectivity index (χ3n) is 2.71. The van der Waals surface area contributed by atoms with E-state index in [1.165, 1.54) is 12.1 Å². The van der Waals surface area contributed by atoms with E-state index in [0.717, 1.165) is 6.07 Å². The summed E-state index contributed by atoms with van der Waals surface area (Å²) in [6, 6.07) is 8.45. The Balaban J connectivity index is 2.28. The van der Waals surface area contributed by atoms with Crippen molar-refractivity contribution in [1.82, 2.24) is 0 Å². The number of carbonyl (C=O) groups is 1. The summed E-state index contributed by atoms with van der Waals surface area (Å²) in [5.41, 5.74) is 1.00. The quantitative estimate of drug-likeness (QED) is 0.823. The first kappa shape index (κ1) is 13.4. The van der Waals surface area contributed by atoms with Crippen molar-refractivity contribution >= 4 is 23.2 Å². The average Bonchev–Trinajstić information content (AvgIpc) is 2.36. The summed E-state index contributed by atoms with van der Waals surface area (Å²) in [6.45, 7) is 1.71. The highest BCUT2D eigenvalue weighted by atomic mass is 35.5. The van der Waals surface area contributed by atoms with Crippen LogP contribution in [0.25, 0.3) is 0 Å². The van der Waals surface area contributed by atoms with Gasteiger partial charge in [0.25, 0.3) is 5.91 Å². The topological polar surface area (TPSA) is 49.3 Å². The molecule has 3 nitrogen and oxygen atoms in total. The second-order valence-corrected chi connectivity index (χ2v) is 4.44. The van der Waals surface area contributed by atoms with E-state index in [9.17, 15) is 9.18 Å². The summed E-state index contributed by atoms with van der Waals surface area (Å²) in [7, 11) is 0. The Hall–Kier alpha value is -2.07. The lowest BCUT2D eigenvalue weighted by molar-refractivity contribution is 0.102. The van der Waals surface area contributed by atoms with Crippen molar-refractivity contribution in [2.75, 3.05) is 5.32 Å². The number of phenols is 1. The molecule has 0 spiro atoms. The molecule has 5 heteroatoms. The zero-order chi connectivity index (χ0) is 14.0. The highest BCUT2D eigenvalue weighted by molar-refractivity contribution is 6.32. The number of nitrogens with one attached hydrogen (secondary N) is 1. The Kier molecular flexibility index (Phi) is 3.71. The monoisotopic (exact) mass is 279 g/mol. The SMILES string of the molecule is Cc1c(Cl)cccc1C(=O)Nc1ccc(O)cc1F. The molecule has 98 valence electrons. The molecule has 0 aliphatic heterocycles. The van der Waals surface area contributed by atoms with Crippen molar-refractivity contribution in [2.24, 2.45) is 0 Å². The van der Waals surface area contributed by atoms with E-state index >= 15 is 0 Å². The molecule has 0 bridgehead atoms. The highest BCUT2D eigenvalue weighted by Crippen LogP contribution is 2.22. The van der Waals surface area contributed by atoms with Gasteiger partial charge in [0.15, 0.2) is 0 Å². The van der Waals surface area contributed by atoms with E-state index in [2.05, 4.69) is 5.32 Å². The van der Waals surface area contributed by atoms with Crippen LogP contribution < -0.4 is 5.32 Å². The molecular formula is C14H11ClFNO2. The van der Waals surface area contributed by atoms with Crippen molar-refractivity contribution in [1.29, 1.82) is 0 Å². The van der Waals surface area contributed by atoms with Gasteiger partial charge in [-0.2, -0.15) is 0 Å². The van der Waals surface area contributed by atoms with Gasteiger partial charge in [-0.1, -0.05) is 17.7 Å². The number of hydrogen-bond acceptors (Lipinski definition) is 2. The van der Waals surface area contributed by atoms with Crippen LogP contribution in [-0.2, 0) is 0 Å². The molecule has 2 aromatic rings. The number of rotatable bonds is 2. The second-order valence-electron chi connectivity index (χ2n) is 4.03. The standard InChI is InChI=1S/C14H11ClFNO2/c1-8-10(3-2-4-11(8)15)14(19)17-13-6-5-9(18)7-12(13)16/h2-7,18H,1H3,(H,17,19). The first-order valence-corrected chi connectivity index (χ1v) is 5.92. The van der Waals surface area contributed by atoms with Gasteiger partial charge in [0.1, 0.15) is 11.6 Å². The summed E-state index contributed by atoms with van der Waals surface area (Å²) in [5, 5.41) is 12.0. The smallest absolute Gasteiger partial charge is 0.256 e. The van der Waals surface area contributed by atoms with Gasteiger partial charge in [-0.25, -0.2) is 4.39 Å². The third-order valence-corrected chi connectivity index (χ3v) is 3.12. The first-order chi connectivity index (χ1) is 8.99. The van der Waals surface area contributed by atoms with Gasteiger partial charge in [0.2, 0.25) is 0 Å². The van der Waals surface area contributed by atoms with Crippen molar-refractivity contribution in [3.63, 3.8) is 0 Å². The van der Waals surface area contributed by atoms with Gasteiger partial charge in [-0.15, -0.1) is 0 Å². The molecule has 2 rings (SSSR count). The fourth-order valence-corrected chi connectivity index (χ4v) is 1.82. The van der Waals surface area contributed by atoms with E-state index in [-0.39, 0.29) is 11.4 Å². The Labute approximate surface area is 114 Å². The number of phenolic OH excluding ortho intramolecular Hbond substituents is 1. The largest absolute Gasteiger partial charge is 0.508 e. The van der Waals surface area contributed by atoms with Gasteiger partial charge in [-0.3, -0.25) is 4.79 Å². The van der Waals surface area contributed by atoms with Crippen LogP contribution >= 0.6 is 11.6 Å². The van der Waals surface area contributed by atoms with Crippen LogP contribution in [0.15, 0.2) is 36.4 Å². The molecule has 0 aromatic heterocycles. The van der Waals surface area contributed by atoms with Gasteiger partial charge in [-0.05, 0) is 36.8 Å². The number of aromatic hydroxyl groups is 1. The molecule has 0 fully saturated rings. The number of anilines is 1. The maximum absolute atomic E-state index is 13.5. The number of benzene rings is 2. The fraction of sp³-hybridized carbons (Fsp3) is 0.0714. The summed E-state index contributed by atoms with van der Waals surface area (Å²) in [4.78, 5) is 12.0. The number of hydrogen-bond donors (Lipinski definition) is 2. The summed E-state index contributed by atoms with van der Waals surface area (Å²) in [6.07, 6.45) is 0. The lowest BCUT2D eigenvalue weighted by atomic mass is 10.1. The molecule has 1 amide bonds. The molecule has 0 saturated heterocycles. The number of amides is 1. The molecule has 19 heavy (non-hydrogen) atoms. The molecule has 2 N–H and O–H groups in total. The van der Waals surface area contributed by atoms with E-state index in [1.54, 1.807) is 25.1 Å². The maximum Gasteiger partial charge on any atom is 0.256 e. The van der Waals surface area contributed by atoms with Crippen LogP contribution in [0.1, 0.15) is 15.9 Å². The first-order valence-electron chi connectivity index (χ1n) is 5.54. The van der Waals surface area contributed by atoms with Gasteiger partial charge in [0.05, 0.1) is 5.69 Å². The minimum Gasteiger partial charge on any atom is -0.508 e. The maximum atomic E-state index is 13.5. The Morgan fingerprint density at radius 2 is 2.05 bits per heavy atom. The molecule has 0 aliphatic rings. The molecule has 0 heterocycles. The molecule has 2 aromatic carbocycles.